The number of benzene rings is 2. The van der Waals surface area contributed by atoms with Gasteiger partial charge in [-0.2, -0.15) is 13.2 Å². The molecular weight excluding hydrogens is 572 g/mol. The Labute approximate surface area is 235 Å². The van der Waals surface area contributed by atoms with Gasteiger partial charge < -0.3 is 16.2 Å². The third-order valence-corrected chi connectivity index (χ3v) is 6.00. The van der Waals surface area contributed by atoms with Crippen molar-refractivity contribution in [2.24, 2.45) is 5.73 Å². The molecule has 41 heavy (non-hydrogen) atoms. The number of nitrogens with zero attached hydrogens (tertiary/aromatic N) is 6. The summed E-state index contributed by atoms with van der Waals surface area (Å²) < 4.78 is 56.0. The van der Waals surface area contributed by atoms with Crippen molar-refractivity contribution in [3.8, 4) is 17.1 Å². The van der Waals surface area contributed by atoms with Gasteiger partial charge in [-0.05, 0) is 56.3 Å². The van der Waals surface area contributed by atoms with E-state index in [1.54, 1.807) is 13.8 Å². The van der Waals surface area contributed by atoms with Crippen LogP contribution in [-0.2, 0) is 13.1 Å². The molecule has 0 aliphatic heterocycles. The smallest absolute Gasteiger partial charge is 0.382 e. The molecule has 4 aromatic rings. The van der Waals surface area contributed by atoms with Gasteiger partial charge in [0.1, 0.15) is 18.7 Å². The Balaban J connectivity index is 1.67. The van der Waals surface area contributed by atoms with E-state index in [9.17, 15) is 32.3 Å². The molecule has 0 radical (unpaired) electrons. The average Bonchev–Trinajstić information content (AvgIpc) is 3.47. The van der Waals surface area contributed by atoms with Crippen LogP contribution in [0.1, 0.15) is 30.0 Å². The van der Waals surface area contributed by atoms with Crippen molar-refractivity contribution in [1.29, 1.82) is 0 Å². The van der Waals surface area contributed by atoms with E-state index in [0.29, 0.717) is 9.59 Å². The number of carbonyl (C=O) groups excluding carboxylic acids is 1. The summed E-state index contributed by atoms with van der Waals surface area (Å²) in [5, 5.41) is 21.0. The molecule has 0 saturated carbocycles. The molecule has 0 aliphatic carbocycles. The molecule has 218 valence electrons. The van der Waals surface area contributed by atoms with Crippen LogP contribution in [0.3, 0.4) is 0 Å². The number of aliphatic hydroxyl groups is 1. The van der Waals surface area contributed by atoms with Crippen LogP contribution in [0.25, 0.3) is 17.1 Å². The molecular formula is C25H25ClF4N8O3. The van der Waals surface area contributed by atoms with Crippen molar-refractivity contribution in [3.05, 3.63) is 81.5 Å². The summed E-state index contributed by atoms with van der Waals surface area (Å²) in [5.41, 5.74) is 4.62. The van der Waals surface area contributed by atoms with E-state index >= 15 is 0 Å². The summed E-state index contributed by atoms with van der Waals surface area (Å²) in [6, 6.07) is 9.32. The fourth-order valence-electron chi connectivity index (χ4n) is 3.71. The van der Waals surface area contributed by atoms with E-state index in [0.717, 1.165) is 16.8 Å². The second kappa shape index (κ2) is 11.4. The third-order valence-electron chi connectivity index (χ3n) is 5.74. The second-order valence-corrected chi connectivity index (χ2v) is 10.3. The van der Waals surface area contributed by atoms with Crippen molar-refractivity contribution < 1.29 is 27.5 Å². The molecule has 0 aliphatic rings. The van der Waals surface area contributed by atoms with Crippen LogP contribution in [-0.4, -0.2) is 64.5 Å². The maximum Gasteiger partial charge on any atom is 0.416 e. The summed E-state index contributed by atoms with van der Waals surface area (Å²) in [6.45, 7) is 2.04. The van der Waals surface area contributed by atoms with Gasteiger partial charge in [-0.25, -0.2) is 23.5 Å². The quantitative estimate of drug-likeness (QED) is 0.252. The largest absolute Gasteiger partial charge is 0.416 e. The minimum Gasteiger partial charge on any atom is -0.382 e. The van der Waals surface area contributed by atoms with E-state index in [-0.39, 0.29) is 41.6 Å². The maximum atomic E-state index is 14.0. The van der Waals surface area contributed by atoms with Crippen LogP contribution < -0.4 is 16.7 Å². The molecule has 4 rings (SSSR count). The molecule has 1 amide bonds. The van der Waals surface area contributed by atoms with Gasteiger partial charge in [-0.3, -0.25) is 9.36 Å². The van der Waals surface area contributed by atoms with Crippen LogP contribution >= 0.6 is 11.6 Å². The highest BCUT2D eigenvalue weighted by Gasteiger charge is 2.39. The Hall–Kier alpha value is -4.08. The standard InChI is InChI=1S/C25H25ClF4N8O3/c1-24(2,31)12-32-22(40)17-9-16(27)7-8-18(17)38-13-33-20(34-38)11-37-23(41)36(10-19(39)25(28,29)30)21(35-37)14-3-5-15(26)6-4-14/h3-9,13,19,39H,10-12,31H2,1-2H3,(H,32,40). The molecule has 0 bridgehead atoms. The molecule has 16 heteroatoms. The number of hydrogen-bond acceptors (Lipinski definition) is 7. The molecule has 0 spiro atoms. The molecule has 0 fully saturated rings. The minimum atomic E-state index is -4.97. The number of hydrogen-bond donors (Lipinski definition) is 3. The lowest BCUT2D eigenvalue weighted by molar-refractivity contribution is -0.207. The lowest BCUT2D eigenvalue weighted by atomic mass is 10.1. The molecule has 2 aromatic heterocycles. The first-order valence-corrected chi connectivity index (χ1v) is 12.5. The van der Waals surface area contributed by atoms with Gasteiger partial charge in [-0.15, -0.1) is 10.2 Å². The highest BCUT2D eigenvalue weighted by atomic mass is 35.5. The van der Waals surface area contributed by atoms with Crippen LogP contribution in [0.2, 0.25) is 5.02 Å². The first-order chi connectivity index (χ1) is 19.1. The topological polar surface area (TPSA) is 146 Å². The van der Waals surface area contributed by atoms with Crippen molar-refractivity contribution in [2.45, 2.75) is 44.8 Å². The van der Waals surface area contributed by atoms with Gasteiger partial charge in [0.2, 0.25) is 0 Å². The molecule has 1 unspecified atom stereocenters. The first kappa shape index (κ1) is 29.9. The molecule has 0 saturated heterocycles. The first-order valence-electron chi connectivity index (χ1n) is 12.1. The Kier molecular flexibility index (Phi) is 8.33. The predicted octanol–water partition coefficient (Wildman–Crippen LogP) is 2.52. The number of rotatable bonds is 9. The number of alkyl halides is 3. The fourth-order valence-corrected chi connectivity index (χ4v) is 3.84. The fraction of sp³-hybridized carbons (Fsp3) is 0.320. The number of aliphatic hydroxyl groups excluding tert-OH is 1. The van der Waals surface area contributed by atoms with Crippen molar-refractivity contribution >= 4 is 17.5 Å². The van der Waals surface area contributed by atoms with E-state index in [4.69, 9.17) is 17.3 Å². The monoisotopic (exact) mass is 596 g/mol. The number of halogens is 5. The number of aromatic nitrogens is 6. The van der Waals surface area contributed by atoms with E-state index in [1.165, 1.54) is 41.3 Å². The molecule has 1 atom stereocenters. The number of nitrogens with two attached hydrogens (primary N) is 1. The Morgan fingerprint density at radius 1 is 1.15 bits per heavy atom. The zero-order chi connectivity index (χ0) is 30.1. The van der Waals surface area contributed by atoms with Crippen molar-refractivity contribution in [3.63, 3.8) is 0 Å². The summed E-state index contributed by atoms with van der Waals surface area (Å²) in [7, 11) is 0. The zero-order valence-corrected chi connectivity index (χ0v) is 22.5. The summed E-state index contributed by atoms with van der Waals surface area (Å²) in [4.78, 5) is 30.0. The van der Waals surface area contributed by atoms with Crippen LogP contribution in [0, 0.1) is 5.82 Å². The number of amides is 1. The molecule has 11 nitrogen and oxygen atoms in total. The SMILES string of the molecule is CC(C)(N)CNC(=O)c1cc(F)ccc1-n1cnc(Cn2nc(-c3ccc(Cl)cc3)n(CC(O)C(F)(F)F)c2=O)n1. The summed E-state index contributed by atoms with van der Waals surface area (Å²) in [5.74, 6) is -1.41. The lowest BCUT2D eigenvalue weighted by Gasteiger charge is -2.19. The normalized spacial score (nSPS) is 12.9. The van der Waals surface area contributed by atoms with E-state index in [2.05, 4.69) is 20.5 Å². The van der Waals surface area contributed by atoms with Gasteiger partial charge in [-0.1, -0.05) is 11.6 Å². The third kappa shape index (κ3) is 7.17. The Bertz CT molecular complexity index is 1610. The van der Waals surface area contributed by atoms with Gasteiger partial charge >= 0.3 is 11.9 Å². The van der Waals surface area contributed by atoms with Gasteiger partial charge in [0.05, 0.1) is 17.8 Å². The second-order valence-electron chi connectivity index (χ2n) is 9.88. The lowest BCUT2D eigenvalue weighted by Crippen LogP contribution is -2.45. The molecule has 2 heterocycles. The van der Waals surface area contributed by atoms with Crippen molar-refractivity contribution in [1.82, 2.24) is 34.4 Å². The summed E-state index contributed by atoms with van der Waals surface area (Å²) in [6.07, 6.45) is -6.57. The highest BCUT2D eigenvalue weighted by molar-refractivity contribution is 6.30. The van der Waals surface area contributed by atoms with Gasteiger partial charge in [0.15, 0.2) is 17.8 Å². The zero-order valence-electron chi connectivity index (χ0n) is 21.7. The average molecular weight is 597 g/mol. The van der Waals surface area contributed by atoms with Gasteiger partial charge in [0, 0.05) is 22.7 Å². The van der Waals surface area contributed by atoms with Crippen LogP contribution in [0.4, 0.5) is 17.6 Å². The van der Waals surface area contributed by atoms with E-state index < -0.39 is 41.8 Å². The van der Waals surface area contributed by atoms with E-state index in [1.807, 2.05) is 0 Å². The van der Waals surface area contributed by atoms with Crippen LogP contribution in [0.15, 0.2) is 53.6 Å². The van der Waals surface area contributed by atoms with Gasteiger partial charge in [0.25, 0.3) is 5.91 Å². The maximum absolute atomic E-state index is 14.0. The number of carbonyl (C=O) groups is 1. The summed E-state index contributed by atoms with van der Waals surface area (Å²) >= 11 is 5.90. The minimum absolute atomic E-state index is 0.00884. The Morgan fingerprint density at radius 2 is 1.83 bits per heavy atom. The highest BCUT2D eigenvalue weighted by Crippen LogP contribution is 2.24. The predicted molar refractivity (Wildman–Crippen MR) is 140 cm³/mol. The Morgan fingerprint density at radius 3 is 2.46 bits per heavy atom. The van der Waals surface area contributed by atoms with Crippen LogP contribution in [0.5, 0.6) is 0 Å². The molecule has 2 aromatic carbocycles. The van der Waals surface area contributed by atoms with Crippen molar-refractivity contribution in [2.75, 3.05) is 6.54 Å². The number of nitrogens with one attached hydrogen (secondary N) is 1. The molecule has 4 N–H and O–H groups in total.